The van der Waals surface area contributed by atoms with Gasteiger partial charge in [0.05, 0.1) is 12.8 Å². The van der Waals surface area contributed by atoms with Crippen molar-refractivity contribution in [2.24, 2.45) is 7.05 Å². The number of aliphatic hydroxyl groups excluding tert-OH is 1. The first-order valence-electron chi connectivity index (χ1n) is 3.77. The van der Waals surface area contributed by atoms with Gasteiger partial charge in [-0.3, -0.25) is 4.68 Å². The molecular weight excluding hydrogens is 174 g/mol. The SMILES string of the molecule is Cn1ncc(C(=O)O)c1NCCO. The van der Waals surface area contributed by atoms with Crippen LogP contribution in [-0.2, 0) is 7.05 Å². The maximum absolute atomic E-state index is 10.6. The molecule has 1 aromatic rings. The number of carboxylic acids is 1. The molecule has 0 bridgehead atoms. The second-order valence-corrected chi connectivity index (χ2v) is 2.49. The van der Waals surface area contributed by atoms with Crippen LogP contribution in [0.15, 0.2) is 6.20 Å². The number of nitrogens with zero attached hydrogens (tertiary/aromatic N) is 2. The van der Waals surface area contributed by atoms with Gasteiger partial charge < -0.3 is 15.5 Å². The molecule has 0 atom stereocenters. The minimum atomic E-state index is -1.03. The van der Waals surface area contributed by atoms with Gasteiger partial charge in [0.15, 0.2) is 0 Å². The smallest absolute Gasteiger partial charge is 0.341 e. The molecule has 0 unspecified atom stereocenters. The average Bonchev–Trinajstić information content (AvgIpc) is 2.43. The van der Waals surface area contributed by atoms with E-state index in [0.29, 0.717) is 12.4 Å². The summed E-state index contributed by atoms with van der Waals surface area (Å²) in [6.07, 6.45) is 1.27. The van der Waals surface area contributed by atoms with E-state index in [0.717, 1.165) is 0 Å². The first-order valence-corrected chi connectivity index (χ1v) is 3.77. The number of aromatic carboxylic acids is 1. The summed E-state index contributed by atoms with van der Waals surface area (Å²) in [6.45, 7) is 0.254. The van der Waals surface area contributed by atoms with Gasteiger partial charge in [-0.15, -0.1) is 0 Å². The Morgan fingerprint density at radius 2 is 2.46 bits per heavy atom. The van der Waals surface area contributed by atoms with Gasteiger partial charge in [-0.2, -0.15) is 5.10 Å². The van der Waals surface area contributed by atoms with Gasteiger partial charge in [-0.25, -0.2) is 4.79 Å². The highest BCUT2D eigenvalue weighted by Crippen LogP contribution is 2.12. The van der Waals surface area contributed by atoms with E-state index >= 15 is 0 Å². The van der Waals surface area contributed by atoms with Crippen LogP contribution in [0.3, 0.4) is 0 Å². The number of aryl methyl sites for hydroxylation is 1. The lowest BCUT2D eigenvalue weighted by molar-refractivity contribution is 0.0698. The van der Waals surface area contributed by atoms with Gasteiger partial charge in [0, 0.05) is 13.6 Å². The highest BCUT2D eigenvalue weighted by Gasteiger charge is 2.13. The van der Waals surface area contributed by atoms with Crippen LogP contribution in [0.1, 0.15) is 10.4 Å². The predicted molar refractivity (Wildman–Crippen MR) is 45.7 cm³/mol. The van der Waals surface area contributed by atoms with Crippen molar-refractivity contribution in [1.82, 2.24) is 9.78 Å². The molecule has 6 heteroatoms. The summed E-state index contributed by atoms with van der Waals surface area (Å²) < 4.78 is 1.42. The Morgan fingerprint density at radius 1 is 1.77 bits per heavy atom. The normalized spacial score (nSPS) is 10.0. The molecule has 0 aliphatic rings. The molecule has 0 fully saturated rings. The van der Waals surface area contributed by atoms with Crippen molar-refractivity contribution in [2.45, 2.75) is 0 Å². The minimum Gasteiger partial charge on any atom is -0.477 e. The molecule has 0 spiro atoms. The number of hydrogen-bond acceptors (Lipinski definition) is 4. The number of carboxylic acid groups (broad SMARTS) is 1. The third-order valence-corrected chi connectivity index (χ3v) is 1.57. The fourth-order valence-electron chi connectivity index (χ4n) is 0.978. The van der Waals surface area contributed by atoms with Crippen molar-refractivity contribution >= 4 is 11.8 Å². The number of nitrogens with one attached hydrogen (secondary N) is 1. The van der Waals surface area contributed by atoms with Crippen LogP contribution >= 0.6 is 0 Å². The molecular formula is C7H11N3O3. The lowest BCUT2D eigenvalue weighted by Gasteiger charge is -2.05. The Bertz CT molecular complexity index is 308. The number of rotatable bonds is 4. The Hall–Kier alpha value is -1.56. The summed E-state index contributed by atoms with van der Waals surface area (Å²) in [5.74, 6) is -0.630. The Kier molecular flexibility index (Phi) is 2.86. The second kappa shape index (κ2) is 3.90. The van der Waals surface area contributed by atoms with Crippen LogP contribution in [0.25, 0.3) is 0 Å². The molecule has 0 amide bonds. The predicted octanol–water partition coefficient (Wildman–Crippen LogP) is -0.477. The van der Waals surface area contributed by atoms with Gasteiger partial charge in [0.2, 0.25) is 0 Å². The zero-order valence-corrected chi connectivity index (χ0v) is 7.19. The largest absolute Gasteiger partial charge is 0.477 e. The Morgan fingerprint density at radius 3 is 3.00 bits per heavy atom. The number of hydrogen-bond donors (Lipinski definition) is 3. The summed E-state index contributed by atoms with van der Waals surface area (Å²) >= 11 is 0. The molecule has 0 radical (unpaired) electrons. The maximum Gasteiger partial charge on any atom is 0.341 e. The average molecular weight is 185 g/mol. The van der Waals surface area contributed by atoms with Crippen LogP contribution in [0.5, 0.6) is 0 Å². The topological polar surface area (TPSA) is 87.4 Å². The molecule has 1 heterocycles. The minimum absolute atomic E-state index is 0.0514. The molecule has 13 heavy (non-hydrogen) atoms. The standard InChI is InChI=1S/C7H11N3O3/c1-10-6(8-2-3-11)5(4-9-10)7(12)13/h4,8,11H,2-3H2,1H3,(H,12,13). The molecule has 0 saturated heterocycles. The molecule has 72 valence electrons. The maximum atomic E-state index is 10.6. The lowest BCUT2D eigenvalue weighted by Crippen LogP contribution is -2.12. The molecule has 0 aliphatic heterocycles. The first kappa shape index (κ1) is 9.53. The van der Waals surface area contributed by atoms with E-state index in [1.165, 1.54) is 10.9 Å². The summed E-state index contributed by atoms with van der Waals surface area (Å²) in [4.78, 5) is 10.6. The monoisotopic (exact) mass is 185 g/mol. The van der Waals surface area contributed by atoms with Crippen molar-refractivity contribution in [3.8, 4) is 0 Å². The first-order chi connectivity index (χ1) is 6.16. The van der Waals surface area contributed by atoms with E-state index in [2.05, 4.69) is 10.4 Å². The van der Waals surface area contributed by atoms with Gasteiger partial charge in [0.25, 0.3) is 0 Å². The number of carbonyl (C=O) groups is 1. The zero-order valence-electron chi connectivity index (χ0n) is 7.19. The van der Waals surface area contributed by atoms with Gasteiger partial charge in [-0.1, -0.05) is 0 Å². The zero-order chi connectivity index (χ0) is 9.84. The summed E-state index contributed by atoms with van der Waals surface area (Å²) in [7, 11) is 1.63. The van der Waals surface area contributed by atoms with E-state index in [-0.39, 0.29) is 12.2 Å². The second-order valence-electron chi connectivity index (χ2n) is 2.49. The van der Waals surface area contributed by atoms with E-state index in [9.17, 15) is 4.79 Å². The van der Waals surface area contributed by atoms with Crippen LogP contribution in [-0.4, -0.2) is 39.1 Å². The van der Waals surface area contributed by atoms with Crippen LogP contribution < -0.4 is 5.32 Å². The van der Waals surface area contributed by atoms with Crippen LogP contribution in [0.4, 0.5) is 5.82 Å². The molecule has 6 nitrogen and oxygen atoms in total. The fourth-order valence-corrected chi connectivity index (χ4v) is 0.978. The third kappa shape index (κ3) is 1.97. The summed E-state index contributed by atoms with van der Waals surface area (Å²) in [5.41, 5.74) is 0.107. The van der Waals surface area contributed by atoms with E-state index in [1.807, 2.05) is 0 Å². The number of aliphatic hydroxyl groups is 1. The Balaban J connectivity index is 2.88. The van der Waals surface area contributed by atoms with E-state index in [1.54, 1.807) is 7.05 Å². The molecule has 1 aromatic heterocycles. The van der Waals surface area contributed by atoms with E-state index < -0.39 is 5.97 Å². The van der Waals surface area contributed by atoms with Crippen molar-refractivity contribution in [1.29, 1.82) is 0 Å². The summed E-state index contributed by atoms with van der Waals surface area (Å²) in [5, 5.41) is 23.8. The van der Waals surface area contributed by atoms with Crippen molar-refractivity contribution < 1.29 is 15.0 Å². The summed E-state index contributed by atoms with van der Waals surface area (Å²) in [6, 6.07) is 0. The highest BCUT2D eigenvalue weighted by molar-refractivity contribution is 5.92. The fraction of sp³-hybridized carbons (Fsp3) is 0.429. The van der Waals surface area contributed by atoms with Gasteiger partial charge >= 0.3 is 5.97 Å². The van der Waals surface area contributed by atoms with Gasteiger partial charge in [0.1, 0.15) is 11.4 Å². The number of aromatic nitrogens is 2. The van der Waals surface area contributed by atoms with Crippen LogP contribution in [0, 0.1) is 0 Å². The van der Waals surface area contributed by atoms with Crippen molar-refractivity contribution in [2.75, 3.05) is 18.5 Å². The quantitative estimate of drug-likeness (QED) is 0.589. The third-order valence-electron chi connectivity index (χ3n) is 1.57. The molecule has 3 N–H and O–H groups in total. The highest BCUT2D eigenvalue weighted by atomic mass is 16.4. The van der Waals surface area contributed by atoms with Crippen LogP contribution in [0.2, 0.25) is 0 Å². The lowest BCUT2D eigenvalue weighted by atomic mass is 10.3. The molecule has 1 rings (SSSR count). The van der Waals surface area contributed by atoms with Crippen molar-refractivity contribution in [3.63, 3.8) is 0 Å². The number of anilines is 1. The molecule has 0 saturated carbocycles. The molecule has 0 aromatic carbocycles. The van der Waals surface area contributed by atoms with Crippen molar-refractivity contribution in [3.05, 3.63) is 11.8 Å². The Labute approximate surface area is 74.8 Å². The molecule has 0 aliphatic carbocycles. The van der Waals surface area contributed by atoms with E-state index in [4.69, 9.17) is 10.2 Å². The van der Waals surface area contributed by atoms with Gasteiger partial charge in [-0.05, 0) is 0 Å².